The van der Waals surface area contributed by atoms with E-state index in [1.54, 1.807) is 24.4 Å². The summed E-state index contributed by atoms with van der Waals surface area (Å²) >= 11 is 5.85. The highest BCUT2D eigenvalue weighted by atomic mass is 35.5. The number of piperazine rings is 1. The molecule has 1 fully saturated rings. The number of rotatable bonds is 4. The van der Waals surface area contributed by atoms with Crippen LogP contribution in [0.5, 0.6) is 0 Å². The van der Waals surface area contributed by atoms with Crippen LogP contribution in [-0.2, 0) is 0 Å². The highest BCUT2D eigenvalue weighted by Gasteiger charge is 2.19. The predicted molar refractivity (Wildman–Crippen MR) is 112 cm³/mol. The molecule has 1 aromatic heterocycles. The second-order valence-corrected chi connectivity index (χ2v) is 7.22. The summed E-state index contributed by atoms with van der Waals surface area (Å²) in [5, 5.41) is 3.23. The number of aromatic nitrogens is 2. The van der Waals surface area contributed by atoms with Crippen LogP contribution in [0.4, 0.5) is 27.5 Å². The Balaban J connectivity index is 1.43. The van der Waals surface area contributed by atoms with Gasteiger partial charge in [0, 0.05) is 43.8 Å². The highest BCUT2D eigenvalue weighted by Crippen LogP contribution is 2.23. The van der Waals surface area contributed by atoms with Gasteiger partial charge in [-0.1, -0.05) is 23.7 Å². The SMILES string of the molecule is Cc1cccc(N2CCN(c3nccc(Nc4ccc(F)c(Cl)c4)n3)CC2)c1. The molecular formula is C21H21ClFN5. The summed E-state index contributed by atoms with van der Waals surface area (Å²) in [4.78, 5) is 13.6. The first-order valence-electron chi connectivity index (χ1n) is 9.20. The van der Waals surface area contributed by atoms with Gasteiger partial charge in [0.15, 0.2) is 0 Å². The van der Waals surface area contributed by atoms with Crippen molar-refractivity contribution >= 4 is 34.7 Å². The van der Waals surface area contributed by atoms with Gasteiger partial charge in [-0.2, -0.15) is 4.98 Å². The number of nitrogens with zero attached hydrogens (tertiary/aromatic N) is 4. The van der Waals surface area contributed by atoms with Crippen LogP contribution in [0.1, 0.15) is 5.56 Å². The van der Waals surface area contributed by atoms with Gasteiger partial charge in [-0.25, -0.2) is 9.37 Å². The molecule has 5 nitrogen and oxygen atoms in total. The van der Waals surface area contributed by atoms with Gasteiger partial charge in [-0.05, 0) is 48.9 Å². The number of benzene rings is 2. The van der Waals surface area contributed by atoms with Gasteiger partial charge >= 0.3 is 0 Å². The van der Waals surface area contributed by atoms with Crippen LogP contribution in [0.3, 0.4) is 0 Å². The van der Waals surface area contributed by atoms with E-state index in [1.165, 1.54) is 17.3 Å². The number of halogens is 2. The van der Waals surface area contributed by atoms with E-state index in [0.717, 1.165) is 26.2 Å². The van der Waals surface area contributed by atoms with Crippen LogP contribution in [0.15, 0.2) is 54.7 Å². The van der Waals surface area contributed by atoms with Crippen LogP contribution in [0.2, 0.25) is 5.02 Å². The molecule has 7 heteroatoms. The van der Waals surface area contributed by atoms with Crippen LogP contribution in [-0.4, -0.2) is 36.1 Å². The molecule has 1 N–H and O–H groups in total. The molecule has 0 atom stereocenters. The highest BCUT2D eigenvalue weighted by molar-refractivity contribution is 6.31. The lowest BCUT2D eigenvalue weighted by molar-refractivity contribution is 0.628. The molecule has 3 aromatic rings. The van der Waals surface area contributed by atoms with Crippen LogP contribution < -0.4 is 15.1 Å². The van der Waals surface area contributed by atoms with Crippen molar-refractivity contribution in [1.82, 2.24) is 9.97 Å². The zero-order valence-corrected chi connectivity index (χ0v) is 16.3. The summed E-state index contributed by atoms with van der Waals surface area (Å²) in [7, 11) is 0. The lowest BCUT2D eigenvalue weighted by Crippen LogP contribution is -2.47. The number of hydrogen-bond acceptors (Lipinski definition) is 5. The fourth-order valence-corrected chi connectivity index (χ4v) is 3.46. The summed E-state index contributed by atoms with van der Waals surface area (Å²) in [6.07, 6.45) is 1.72. The third-order valence-electron chi connectivity index (χ3n) is 4.76. The Kier molecular flexibility index (Phi) is 5.30. The van der Waals surface area contributed by atoms with Crippen molar-refractivity contribution in [3.05, 3.63) is 71.1 Å². The van der Waals surface area contributed by atoms with Gasteiger partial charge in [0.05, 0.1) is 5.02 Å². The number of nitrogens with one attached hydrogen (secondary N) is 1. The van der Waals surface area contributed by atoms with E-state index >= 15 is 0 Å². The predicted octanol–water partition coefficient (Wildman–Crippen LogP) is 4.65. The Morgan fingerprint density at radius 3 is 2.54 bits per heavy atom. The van der Waals surface area contributed by atoms with Crippen LogP contribution in [0.25, 0.3) is 0 Å². The molecule has 1 saturated heterocycles. The quantitative estimate of drug-likeness (QED) is 0.694. The van der Waals surface area contributed by atoms with Gasteiger partial charge in [-0.3, -0.25) is 0 Å². The Morgan fingerprint density at radius 2 is 1.79 bits per heavy atom. The second kappa shape index (κ2) is 8.02. The summed E-state index contributed by atoms with van der Waals surface area (Å²) in [6, 6.07) is 14.9. The first kappa shape index (κ1) is 18.5. The molecule has 0 saturated carbocycles. The van der Waals surface area contributed by atoms with Crippen LogP contribution >= 0.6 is 11.6 Å². The third-order valence-corrected chi connectivity index (χ3v) is 5.05. The van der Waals surface area contributed by atoms with E-state index in [2.05, 4.69) is 56.3 Å². The van der Waals surface area contributed by atoms with Crippen molar-refractivity contribution < 1.29 is 4.39 Å². The fourth-order valence-electron chi connectivity index (χ4n) is 3.28. The molecule has 144 valence electrons. The molecule has 4 rings (SSSR count). The Labute approximate surface area is 168 Å². The van der Waals surface area contributed by atoms with Gasteiger partial charge in [0.25, 0.3) is 0 Å². The Hall–Kier alpha value is -2.86. The van der Waals surface area contributed by atoms with Crippen molar-refractivity contribution in [3.63, 3.8) is 0 Å². The lowest BCUT2D eigenvalue weighted by atomic mass is 10.2. The molecule has 0 aliphatic carbocycles. The smallest absolute Gasteiger partial charge is 0.227 e. The van der Waals surface area contributed by atoms with Crippen molar-refractivity contribution in [2.75, 3.05) is 41.3 Å². The molecule has 0 spiro atoms. The van der Waals surface area contributed by atoms with Crippen molar-refractivity contribution in [2.45, 2.75) is 6.92 Å². The van der Waals surface area contributed by atoms with E-state index in [9.17, 15) is 4.39 Å². The zero-order chi connectivity index (χ0) is 19.5. The molecule has 1 aliphatic rings. The zero-order valence-electron chi connectivity index (χ0n) is 15.6. The molecule has 1 aliphatic heterocycles. The Morgan fingerprint density at radius 1 is 1.00 bits per heavy atom. The number of aryl methyl sites for hydroxylation is 1. The molecule has 2 aromatic carbocycles. The average Bonchev–Trinajstić information content (AvgIpc) is 2.71. The molecule has 0 unspecified atom stereocenters. The van der Waals surface area contributed by atoms with Crippen LogP contribution in [0, 0.1) is 12.7 Å². The van der Waals surface area contributed by atoms with Gasteiger partial charge in [0.1, 0.15) is 11.6 Å². The normalized spacial score (nSPS) is 14.2. The second-order valence-electron chi connectivity index (χ2n) is 6.81. The molecule has 0 radical (unpaired) electrons. The first-order valence-corrected chi connectivity index (χ1v) is 9.58. The van der Waals surface area contributed by atoms with E-state index in [4.69, 9.17) is 11.6 Å². The maximum absolute atomic E-state index is 13.3. The summed E-state index contributed by atoms with van der Waals surface area (Å²) in [5.41, 5.74) is 3.20. The molecule has 28 heavy (non-hydrogen) atoms. The molecule has 2 heterocycles. The summed E-state index contributed by atoms with van der Waals surface area (Å²) in [6.45, 7) is 5.63. The van der Waals surface area contributed by atoms with Crippen molar-refractivity contribution in [3.8, 4) is 0 Å². The summed E-state index contributed by atoms with van der Waals surface area (Å²) in [5.74, 6) is 0.887. The van der Waals surface area contributed by atoms with Crippen molar-refractivity contribution in [2.24, 2.45) is 0 Å². The van der Waals surface area contributed by atoms with Gasteiger partial charge < -0.3 is 15.1 Å². The van der Waals surface area contributed by atoms with E-state index in [0.29, 0.717) is 17.5 Å². The number of anilines is 4. The molecular weight excluding hydrogens is 377 g/mol. The minimum absolute atomic E-state index is 0.0755. The first-order chi connectivity index (χ1) is 13.6. The number of hydrogen-bond donors (Lipinski definition) is 1. The van der Waals surface area contributed by atoms with E-state index in [-0.39, 0.29) is 5.02 Å². The van der Waals surface area contributed by atoms with Gasteiger partial charge in [0.2, 0.25) is 5.95 Å². The topological polar surface area (TPSA) is 44.3 Å². The van der Waals surface area contributed by atoms with E-state index in [1.807, 2.05) is 0 Å². The van der Waals surface area contributed by atoms with Gasteiger partial charge in [-0.15, -0.1) is 0 Å². The van der Waals surface area contributed by atoms with E-state index < -0.39 is 5.82 Å². The molecule has 0 amide bonds. The fraction of sp³-hybridized carbons (Fsp3) is 0.238. The van der Waals surface area contributed by atoms with Crippen molar-refractivity contribution in [1.29, 1.82) is 0 Å². The standard InChI is InChI=1S/C21H21ClFN5/c1-15-3-2-4-17(13-15)27-9-11-28(12-10-27)21-24-8-7-20(26-21)25-16-5-6-19(23)18(22)14-16/h2-8,13-14H,9-12H2,1H3,(H,24,25,26). The molecule has 0 bridgehead atoms. The third kappa shape index (κ3) is 4.17. The monoisotopic (exact) mass is 397 g/mol. The minimum atomic E-state index is -0.443. The minimum Gasteiger partial charge on any atom is -0.368 e. The largest absolute Gasteiger partial charge is 0.368 e. The summed E-state index contributed by atoms with van der Waals surface area (Å²) < 4.78 is 13.3. The lowest BCUT2D eigenvalue weighted by Gasteiger charge is -2.36. The maximum atomic E-state index is 13.3. The Bertz CT molecular complexity index is 973. The maximum Gasteiger partial charge on any atom is 0.227 e. The average molecular weight is 398 g/mol.